The maximum absolute atomic E-state index is 11.8. The fraction of sp³-hybridized carbons (Fsp3) is 0.235. The van der Waals surface area contributed by atoms with E-state index in [0.29, 0.717) is 24.4 Å². The van der Waals surface area contributed by atoms with Gasteiger partial charge in [0.25, 0.3) is 0 Å². The van der Waals surface area contributed by atoms with E-state index in [2.05, 4.69) is 5.32 Å². The standard InChI is InChI=1S/C17H20N2O2/c1-21-16-9-7-14(11-15(16)18)12-19-17(20)10-8-13-5-3-2-4-6-13/h2-7,9,11H,8,10,12,18H2,1H3,(H,19,20). The van der Waals surface area contributed by atoms with E-state index in [9.17, 15) is 4.79 Å². The third-order valence-electron chi connectivity index (χ3n) is 3.27. The largest absolute Gasteiger partial charge is 0.495 e. The van der Waals surface area contributed by atoms with Gasteiger partial charge in [-0.3, -0.25) is 4.79 Å². The predicted octanol–water partition coefficient (Wildman–Crippen LogP) is 2.53. The number of benzene rings is 2. The van der Waals surface area contributed by atoms with Gasteiger partial charge in [-0.25, -0.2) is 0 Å². The van der Waals surface area contributed by atoms with E-state index in [-0.39, 0.29) is 5.91 Å². The number of hydrogen-bond acceptors (Lipinski definition) is 3. The summed E-state index contributed by atoms with van der Waals surface area (Å²) < 4.78 is 5.10. The number of anilines is 1. The van der Waals surface area contributed by atoms with Gasteiger partial charge >= 0.3 is 0 Å². The van der Waals surface area contributed by atoms with Crippen molar-refractivity contribution in [2.24, 2.45) is 0 Å². The minimum absolute atomic E-state index is 0.0354. The van der Waals surface area contributed by atoms with Crippen LogP contribution in [0.1, 0.15) is 17.5 Å². The first-order chi connectivity index (χ1) is 10.2. The maximum atomic E-state index is 11.8. The summed E-state index contributed by atoms with van der Waals surface area (Å²) in [7, 11) is 1.58. The normalized spacial score (nSPS) is 10.1. The topological polar surface area (TPSA) is 64.3 Å². The molecule has 2 aromatic carbocycles. The van der Waals surface area contributed by atoms with E-state index in [4.69, 9.17) is 10.5 Å². The molecule has 0 aromatic heterocycles. The lowest BCUT2D eigenvalue weighted by atomic mass is 10.1. The molecule has 0 saturated heterocycles. The number of methoxy groups -OCH3 is 1. The second-order valence-corrected chi connectivity index (χ2v) is 4.84. The number of carbonyl (C=O) groups excluding carboxylic acids is 1. The van der Waals surface area contributed by atoms with Crippen LogP contribution in [0.2, 0.25) is 0 Å². The molecule has 0 heterocycles. The van der Waals surface area contributed by atoms with Crippen LogP contribution in [0.25, 0.3) is 0 Å². The molecule has 0 saturated carbocycles. The summed E-state index contributed by atoms with van der Waals surface area (Å²) in [6.45, 7) is 0.474. The molecular weight excluding hydrogens is 264 g/mol. The van der Waals surface area contributed by atoms with Crippen molar-refractivity contribution in [2.75, 3.05) is 12.8 Å². The highest BCUT2D eigenvalue weighted by Crippen LogP contribution is 2.21. The predicted molar refractivity (Wildman–Crippen MR) is 84.0 cm³/mol. The number of hydrogen-bond donors (Lipinski definition) is 2. The number of aryl methyl sites for hydroxylation is 1. The summed E-state index contributed by atoms with van der Waals surface area (Å²) >= 11 is 0. The highest BCUT2D eigenvalue weighted by Gasteiger charge is 2.04. The van der Waals surface area contributed by atoms with Crippen LogP contribution in [0.3, 0.4) is 0 Å². The van der Waals surface area contributed by atoms with Crippen LogP contribution in [0, 0.1) is 0 Å². The number of nitrogens with two attached hydrogens (primary N) is 1. The molecule has 4 nitrogen and oxygen atoms in total. The van der Waals surface area contributed by atoms with E-state index in [1.807, 2.05) is 42.5 Å². The summed E-state index contributed by atoms with van der Waals surface area (Å²) in [6, 6.07) is 15.5. The fourth-order valence-electron chi connectivity index (χ4n) is 2.09. The van der Waals surface area contributed by atoms with Crippen molar-refractivity contribution >= 4 is 11.6 Å². The number of amides is 1. The third-order valence-corrected chi connectivity index (χ3v) is 3.27. The lowest BCUT2D eigenvalue weighted by Crippen LogP contribution is -2.23. The maximum Gasteiger partial charge on any atom is 0.220 e. The van der Waals surface area contributed by atoms with Gasteiger partial charge in [-0.15, -0.1) is 0 Å². The molecule has 4 heteroatoms. The number of carbonyl (C=O) groups is 1. The zero-order valence-corrected chi connectivity index (χ0v) is 12.1. The third kappa shape index (κ3) is 4.53. The molecule has 1 amide bonds. The van der Waals surface area contributed by atoms with Crippen molar-refractivity contribution in [3.63, 3.8) is 0 Å². The molecule has 0 bridgehead atoms. The monoisotopic (exact) mass is 284 g/mol. The second-order valence-electron chi connectivity index (χ2n) is 4.84. The van der Waals surface area contributed by atoms with Crippen molar-refractivity contribution < 1.29 is 9.53 Å². The average Bonchev–Trinajstić information content (AvgIpc) is 2.52. The molecule has 0 aliphatic heterocycles. The van der Waals surface area contributed by atoms with Crippen molar-refractivity contribution in [3.8, 4) is 5.75 Å². The number of ether oxygens (including phenoxy) is 1. The molecule has 0 aliphatic carbocycles. The summed E-state index contributed by atoms with van der Waals surface area (Å²) in [4.78, 5) is 11.8. The van der Waals surface area contributed by atoms with Gasteiger partial charge in [-0.1, -0.05) is 36.4 Å². The summed E-state index contributed by atoms with van der Waals surface area (Å²) in [6.07, 6.45) is 1.23. The van der Waals surface area contributed by atoms with Gasteiger partial charge in [0, 0.05) is 13.0 Å². The smallest absolute Gasteiger partial charge is 0.220 e. The van der Waals surface area contributed by atoms with Crippen LogP contribution < -0.4 is 15.8 Å². The fourth-order valence-corrected chi connectivity index (χ4v) is 2.09. The second kappa shape index (κ2) is 7.33. The van der Waals surface area contributed by atoms with E-state index < -0.39 is 0 Å². The first kappa shape index (κ1) is 14.9. The molecule has 2 aromatic rings. The van der Waals surface area contributed by atoms with Gasteiger partial charge in [0.2, 0.25) is 5.91 Å². The zero-order chi connectivity index (χ0) is 15.1. The minimum Gasteiger partial charge on any atom is -0.495 e. The lowest BCUT2D eigenvalue weighted by Gasteiger charge is -2.08. The Bertz CT molecular complexity index is 597. The van der Waals surface area contributed by atoms with Crippen LogP contribution in [-0.2, 0) is 17.8 Å². The molecule has 0 spiro atoms. The molecule has 3 N–H and O–H groups in total. The molecule has 0 unspecified atom stereocenters. The quantitative estimate of drug-likeness (QED) is 0.801. The Morgan fingerprint density at radius 3 is 2.57 bits per heavy atom. The Labute approximate surface area is 124 Å². The highest BCUT2D eigenvalue weighted by molar-refractivity contribution is 5.76. The Morgan fingerprint density at radius 1 is 1.14 bits per heavy atom. The van der Waals surface area contributed by atoms with Crippen LogP contribution in [0.5, 0.6) is 5.75 Å². The van der Waals surface area contributed by atoms with Crippen molar-refractivity contribution in [2.45, 2.75) is 19.4 Å². The molecule has 110 valence electrons. The van der Waals surface area contributed by atoms with Gasteiger partial charge in [-0.05, 0) is 29.7 Å². The molecule has 21 heavy (non-hydrogen) atoms. The summed E-state index contributed by atoms with van der Waals surface area (Å²) in [5, 5.41) is 2.90. The van der Waals surface area contributed by atoms with Gasteiger partial charge in [0.1, 0.15) is 5.75 Å². The Morgan fingerprint density at radius 2 is 1.90 bits per heavy atom. The number of nitrogen functional groups attached to an aromatic ring is 1. The molecule has 0 aliphatic rings. The number of nitrogens with one attached hydrogen (secondary N) is 1. The molecule has 0 radical (unpaired) electrons. The van der Waals surface area contributed by atoms with Crippen molar-refractivity contribution in [1.29, 1.82) is 0 Å². The van der Waals surface area contributed by atoms with E-state index >= 15 is 0 Å². The highest BCUT2D eigenvalue weighted by atomic mass is 16.5. The first-order valence-corrected chi connectivity index (χ1v) is 6.92. The Balaban J connectivity index is 1.80. The average molecular weight is 284 g/mol. The zero-order valence-electron chi connectivity index (χ0n) is 12.1. The van der Waals surface area contributed by atoms with Crippen LogP contribution >= 0.6 is 0 Å². The summed E-state index contributed by atoms with van der Waals surface area (Å²) in [5.74, 6) is 0.683. The van der Waals surface area contributed by atoms with Crippen molar-refractivity contribution in [3.05, 3.63) is 59.7 Å². The molecular formula is C17H20N2O2. The van der Waals surface area contributed by atoms with E-state index in [1.54, 1.807) is 13.2 Å². The SMILES string of the molecule is COc1ccc(CNC(=O)CCc2ccccc2)cc1N. The molecule has 2 rings (SSSR count). The lowest BCUT2D eigenvalue weighted by molar-refractivity contribution is -0.121. The van der Waals surface area contributed by atoms with Crippen LogP contribution in [0.4, 0.5) is 5.69 Å². The van der Waals surface area contributed by atoms with Gasteiger partial charge in [-0.2, -0.15) is 0 Å². The van der Waals surface area contributed by atoms with E-state index in [0.717, 1.165) is 12.0 Å². The van der Waals surface area contributed by atoms with Gasteiger partial charge in [0.15, 0.2) is 0 Å². The van der Waals surface area contributed by atoms with Crippen LogP contribution in [0.15, 0.2) is 48.5 Å². The molecule has 0 fully saturated rings. The minimum atomic E-state index is 0.0354. The number of rotatable bonds is 6. The summed E-state index contributed by atoms with van der Waals surface area (Å²) in [5.41, 5.74) is 8.54. The Kier molecular flexibility index (Phi) is 5.21. The van der Waals surface area contributed by atoms with E-state index in [1.165, 1.54) is 5.56 Å². The molecule has 0 atom stereocenters. The first-order valence-electron chi connectivity index (χ1n) is 6.92. The van der Waals surface area contributed by atoms with Crippen molar-refractivity contribution in [1.82, 2.24) is 5.32 Å². The van der Waals surface area contributed by atoms with Crippen LogP contribution in [-0.4, -0.2) is 13.0 Å². The van der Waals surface area contributed by atoms with Gasteiger partial charge < -0.3 is 15.8 Å². The Hall–Kier alpha value is -2.49. The van der Waals surface area contributed by atoms with Gasteiger partial charge in [0.05, 0.1) is 12.8 Å².